The van der Waals surface area contributed by atoms with E-state index in [1.54, 1.807) is 0 Å². The highest BCUT2D eigenvalue weighted by atomic mass is 79.9. The fraction of sp³-hybridized carbons (Fsp3) is 0. The maximum atomic E-state index is 12.5. The summed E-state index contributed by atoms with van der Waals surface area (Å²) < 4.78 is 46.2. The Morgan fingerprint density at radius 2 is 1.44 bits per heavy atom. The zero-order valence-corrected chi connectivity index (χ0v) is 10.7. The Hall–Kier alpha value is -1.07. The number of hydrogen-bond donors (Lipinski definition) is 0. The van der Waals surface area contributed by atoms with Crippen LogP contribution in [-0.2, 0) is 0 Å². The van der Waals surface area contributed by atoms with Crippen molar-refractivity contribution in [1.82, 2.24) is 9.97 Å². The molecule has 0 unspecified atom stereocenters. The summed E-state index contributed by atoms with van der Waals surface area (Å²) in [4.78, 5) is 19.8. The lowest BCUT2D eigenvalue weighted by Gasteiger charge is -2.00. The maximum Gasteiger partial charge on any atom is 0.196 e. The Balaban J connectivity index is 2.75. The van der Waals surface area contributed by atoms with Gasteiger partial charge in [0.15, 0.2) is 5.78 Å². The van der Waals surface area contributed by atoms with Crippen molar-refractivity contribution in [3.05, 3.63) is 56.8 Å². The Kier molecular flexibility index (Phi) is 1.82. The van der Waals surface area contributed by atoms with Crippen molar-refractivity contribution in [1.29, 1.82) is 0 Å². The molecule has 2 aromatic rings. The maximum absolute atomic E-state index is 12.5. The quantitative estimate of drug-likeness (QED) is 0.618. The van der Waals surface area contributed by atoms with Gasteiger partial charge in [-0.25, -0.2) is 9.97 Å². The van der Waals surface area contributed by atoms with Crippen LogP contribution in [0.1, 0.15) is 24.1 Å². The molecule has 5 heteroatoms. The molecule has 2 aromatic heterocycles. The highest BCUT2D eigenvalue weighted by Gasteiger charge is 2.09. The molecule has 0 aromatic carbocycles. The SMILES string of the molecule is [2H]c1nc(Br)c([2H])c([2H])c1C(=O)c1c([2H])nc(Br)c([2H])c1[2H]. The molecule has 0 aliphatic rings. The van der Waals surface area contributed by atoms with E-state index in [2.05, 4.69) is 41.8 Å². The lowest BCUT2D eigenvalue weighted by Crippen LogP contribution is -2.02. The zero-order chi connectivity index (χ0) is 16.8. The summed E-state index contributed by atoms with van der Waals surface area (Å²) in [6, 6.07) is -1.84. The lowest BCUT2D eigenvalue weighted by atomic mass is 10.1. The van der Waals surface area contributed by atoms with Gasteiger partial charge in [-0.3, -0.25) is 4.79 Å². The summed E-state index contributed by atoms with van der Waals surface area (Å²) in [5.74, 6) is -0.994. The Labute approximate surface area is 118 Å². The van der Waals surface area contributed by atoms with Crippen molar-refractivity contribution in [3.63, 3.8) is 0 Å². The topological polar surface area (TPSA) is 42.9 Å². The van der Waals surface area contributed by atoms with Gasteiger partial charge in [0, 0.05) is 23.5 Å². The smallest absolute Gasteiger partial charge is 0.196 e. The molecule has 0 radical (unpaired) electrons. The summed E-state index contributed by atoms with van der Waals surface area (Å²) in [7, 11) is 0. The molecule has 0 spiro atoms. The molecule has 16 heavy (non-hydrogen) atoms. The van der Waals surface area contributed by atoms with E-state index in [4.69, 9.17) is 8.22 Å². The van der Waals surface area contributed by atoms with Crippen molar-refractivity contribution in [2.75, 3.05) is 0 Å². The van der Waals surface area contributed by atoms with E-state index in [1.807, 2.05) is 0 Å². The van der Waals surface area contributed by atoms with Crippen LogP contribution in [-0.4, -0.2) is 15.8 Å². The van der Waals surface area contributed by atoms with Gasteiger partial charge in [0.25, 0.3) is 0 Å². The van der Waals surface area contributed by atoms with Gasteiger partial charge in [-0.1, -0.05) is 0 Å². The highest BCUT2D eigenvalue weighted by Crippen LogP contribution is 2.13. The van der Waals surface area contributed by atoms with Crippen molar-refractivity contribution in [2.24, 2.45) is 0 Å². The molecule has 0 fully saturated rings. The van der Waals surface area contributed by atoms with E-state index in [1.165, 1.54) is 0 Å². The van der Waals surface area contributed by atoms with Crippen LogP contribution in [0, 0.1) is 0 Å². The predicted molar refractivity (Wildman–Crippen MR) is 67.3 cm³/mol. The van der Waals surface area contributed by atoms with Crippen LogP contribution in [0.5, 0.6) is 0 Å². The molecule has 0 N–H and O–H groups in total. The van der Waals surface area contributed by atoms with Gasteiger partial charge in [-0.05, 0) is 56.0 Å². The first-order valence-corrected chi connectivity index (χ1v) is 5.56. The molecule has 0 aliphatic heterocycles. The molecule has 80 valence electrons. The first kappa shape index (κ1) is 6.02. The summed E-state index contributed by atoms with van der Waals surface area (Å²) in [5, 5.41) is 0. The van der Waals surface area contributed by atoms with Gasteiger partial charge in [0.1, 0.15) is 9.21 Å². The van der Waals surface area contributed by atoms with Crippen LogP contribution in [0.25, 0.3) is 0 Å². The molecular weight excluding hydrogens is 336 g/mol. The van der Waals surface area contributed by atoms with Gasteiger partial charge in [0.2, 0.25) is 0 Å². The molecule has 0 saturated carbocycles. The first-order chi connectivity index (χ1) is 10.2. The summed E-state index contributed by atoms with van der Waals surface area (Å²) in [5.41, 5.74) is -1.00. The second kappa shape index (κ2) is 4.84. The van der Waals surface area contributed by atoms with Crippen LogP contribution in [0.15, 0.2) is 45.7 Å². The minimum absolute atomic E-state index is 0.0497. The number of nitrogens with zero attached hydrogens (tertiary/aromatic N) is 2. The third kappa shape index (κ3) is 2.54. The number of ketones is 1. The molecule has 3 nitrogen and oxygen atoms in total. The fourth-order valence-electron chi connectivity index (χ4n) is 0.890. The molecule has 0 atom stereocenters. The lowest BCUT2D eigenvalue weighted by molar-refractivity contribution is 0.103. The highest BCUT2D eigenvalue weighted by molar-refractivity contribution is 9.10. The Morgan fingerprint density at radius 1 is 1.00 bits per heavy atom. The fourth-order valence-corrected chi connectivity index (χ4v) is 1.27. The van der Waals surface area contributed by atoms with Gasteiger partial charge < -0.3 is 0 Å². The van der Waals surface area contributed by atoms with Crippen LogP contribution >= 0.6 is 31.9 Å². The van der Waals surface area contributed by atoms with Crippen LogP contribution < -0.4 is 0 Å². The van der Waals surface area contributed by atoms with E-state index in [9.17, 15) is 4.79 Å². The van der Waals surface area contributed by atoms with Gasteiger partial charge in [-0.15, -0.1) is 0 Å². The summed E-state index contributed by atoms with van der Waals surface area (Å²) in [6.07, 6.45) is -1.10. The van der Waals surface area contributed by atoms with Crippen LogP contribution in [0.4, 0.5) is 0 Å². The van der Waals surface area contributed by atoms with Crippen molar-refractivity contribution >= 4 is 37.6 Å². The molecular formula is C11H6Br2N2O. The normalized spacial score (nSPS) is 15.4. The van der Waals surface area contributed by atoms with Crippen LogP contribution in [0.3, 0.4) is 0 Å². The molecule has 0 amide bonds. The Bertz CT molecular complexity index is 749. The second-order valence-electron chi connectivity index (χ2n) is 2.61. The van der Waals surface area contributed by atoms with E-state index in [0.717, 1.165) is 0 Å². The van der Waals surface area contributed by atoms with Gasteiger partial charge >= 0.3 is 0 Å². The second-order valence-corrected chi connectivity index (χ2v) is 4.11. The van der Waals surface area contributed by atoms with Crippen molar-refractivity contribution in [3.8, 4) is 0 Å². The molecule has 0 saturated heterocycles. The van der Waals surface area contributed by atoms with E-state index in [-0.39, 0.29) is 21.3 Å². The minimum atomic E-state index is -0.994. The molecule has 2 rings (SSSR count). The number of carbonyl (C=O) groups excluding carboxylic acids is 1. The van der Waals surface area contributed by atoms with Crippen LogP contribution in [0.2, 0.25) is 0 Å². The largest absolute Gasteiger partial charge is 0.288 e. The number of rotatable bonds is 2. The van der Waals surface area contributed by atoms with E-state index in [0.29, 0.717) is 0 Å². The molecule has 0 aliphatic carbocycles. The third-order valence-corrected chi connectivity index (χ3v) is 2.32. The number of aromatic nitrogens is 2. The third-order valence-electron chi connectivity index (χ3n) is 1.57. The van der Waals surface area contributed by atoms with Crippen molar-refractivity contribution in [2.45, 2.75) is 0 Å². The average molecular weight is 348 g/mol. The minimum Gasteiger partial charge on any atom is -0.288 e. The van der Waals surface area contributed by atoms with Crippen molar-refractivity contribution < 1.29 is 13.0 Å². The molecule has 2 heterocycles. The average Bonchev–Trinajstić information content (AvgIpc) is 2.42. The van der Waals surface area contributed by atoms with E-state index < -0.39 is 41.3 Å². The molecule has 0 bridgehead atoms. The number of pyridine rings is 2. The Morgan fingerprint density at radius 3 is 1.88 bits per heavy atom. The first-order valence-electron chi connectivity index (χ1n) is 6.98. The monoisotopic (exact) mass is 346 g/mol. The predicted octanol–water partition coefficient (Wildman–Crippen LogP) is 3.23. The number of hydrogen-bond acceptors (Lipinski definition) is 3. The standard InChI is InChI=1S/C11H6Br2N2O/c12-9-3-1-7(5-14-9)11(16)8-2-4-10(13)15-6-8/h1-6H/i1D,2D,3D,4D,5D,6D. The summed E-state index contributed by atoms with van der Waals surface area (Å²) in [6.45, 7) is 0. The zero-order valence-electron chi connectivity index (χ0n) is 13.6. The van der Waals surface area contributed by atoms with Gasteiger partial charge in [-0.2, -0.15) is 0 Å². The van der Waals surface area contributed by atoms with E-state index >= 15 is 0 Å². The summed E-state index contributed by atoms with van der Waals surface area (Å²) >= 11 is 5.83. The van der Waals surface area contributed by atoms with Gasteiger partial charge in [0.05, 0.1) is 8.22 Å². The number of carbonyl (C=O) groups is 1. The number of halogens is 2.